The van der Waals surface area contributed by atoms with E-state index in [0.717, 1.165) is 18.8 Å². The van der Waals surface area contributed by atoms with Crippen LogP contribution in [0, 0.1) is 5.92 Å². The molecule has 0 radical (unpaired) electrons. The van der Waals surface area contributed by atoms with Crippen LogP contribution in [0.1, 0.15) is 30.1 Å². The predicted octanol–water partition coefficient (Wildman–Crippen LogP) is 1.35. The molecule has 2 unspecified atom stereocenters. The molecule has 4 nitrogen and oxygen atoms in total. The van der Waals surface area contributed by atoms with Crippen LogP contribution in [0.2, 0.25) is 0 Å². The van der Waals surface area contributed by atoms with E-state index < -0.39 is 0 Å². The van der Waals surface area contributed by atoms with Gasteiger partial charge in [0.05, 0.1) is 0 Å². The van der Waals surface area contributed by atoms with Gasteiger partial charge in [0.15, 0.2) is 0 Å². The lowest BCUT2D eigenvalue weighted by Crippen LogP contribution is -2.43. The third-order valence-electron chi connectivity index (χ3n) is 3.80. The summed E-state index contributed by atoms with van der Waals surface area (Å²) in [7, 11) is 0. The van der Waals surface area contributed by atoms with Crippen molar-refractivity contribution in [2.75, 3.05) is 18.0 Å². The minimum atomic E-state index is -0.381. The fourth-order valence-electron chi connectivity index (χ4n) is 2.55. The Kier molecular flexibility index (Phi) is 3.87. The number of piperidine rings is 1. The van der Waals surface area contributed by atoms with Gasteiger partial charge in [0.2, 0.25) is 5.91 Å². The normalized spacial score (nSPS) is 24.0. The Bertz CT molecular complexity index is 416. The van der Waals surface area contributed by atoms with Crippen LogP contribution in [0.15, 0.2) is 24.3 Å². The molecule has 0 spiro atoms. The van der Waals surface area contributed by atoms with Crippen molar-refractivity contribution in [3.05, 3.63) is 29.8 Å². The highest BCUT2D eigenvalue weighted by Crippen LogP contribution is 2.27. The Morgan fingerprint density at radius 3 is 2.56 bits per heavy atom. The van der Waals surface area contributed by atoms with Gasteiger partial charge in [0, 0.05) is 23.8 Å². The van der Waals surface area contributed by atoms with E-state index in [2.05, 4.69) is 11.8 Å². The Morgan fingerprint density at radius 2 is 2.00 bits per heavy atom. The number of anilines is 1. The molecule has 1 aromatic rings. The number of nitrogens with two attached hydrogens (primary N) is 2. The zero-order valence-electron chi connectivity index (χ0n) is 10.8. The van der Waals surface area contributed by atoms with Gasteiger partial charge in [-0.2, -0.15) is 0 Å². The first-order valence-electron chi connectivity index (χ1n) is 6.48. The lowest BCUT2D eigenvalue weighted by Gasteiger charge is -2.39. The Hall–Kier alpha value is -1.55. The number of carbonyl (C=O) groups is 1. The third-order valence-corrected chi connectivity index (χ3v) is 3.80. The molecule has 2 atom stereocenters. The van der Waals surface area contributed by atoms with Gasteiger partial charge in [-0.3, -0.25) is 4.79 Å². The first-order chi connectivity index (χ1) is 8.61. The van der Waals surface area contributed by atoms with Crippen LogP contribution in [0.5, 0.6) is 0 Å². The highest BCUT2D eigenvalue weighted by Gasteiger charge is 2.24. The molecule has 1 aliphatic rings. The van der Waals surface area contributed by atoms with Gasteiger partial charge in [-0.1, -0.05) is 0 Å². The standard InChI is InChI=1S/C14H21N3O/c1-10-2-3-11(8-15)9-17(10)13-6-4-12(5-7-13)14(16)18/h4-7,10-11H,2-3,8-9,15H2,1H3,(H2,16,18). The maximum atomic E-state index is 11.0. The van der Waals surface area contributed by atoms with Crippen LogP contribution in [0.3, 0.4) is 0 Å². The van der Waals surface area contributed by atoms with Crippen molar-refractivity contribution in [2.45, 2.75) is 25.8 Å². The number of carbonyl (C=O) groups excluding carboxylic acids is 1. The van der Waals surface area contributed by atoms with Crippen molar-refractivity contribution in [3.8, 4) is 0 Å². The number of benzene rings is 1. The first kappa shape index (κ1) is 12.9. The zero-order valence-corrected chi connectivity index (χ0v) is 10.8. The van der Waals surface area contributed by atoms with E-state index in [1.165, 1.54) is 12.8 Å². The molecule has 1 heterocycles. The second kappa shape index (κ2) is 5.40. The van der Waals surface area contributed by atoms with Gasteiger partial charge in [-0.05, 0) is 56.5 Å². The molecule has 0 saturated carbocycles. The lowest BCUT2D eigenvalue weighted by atomic mass is 9.93. The first-order valence-corrected chi connectivity index (χ1v) is 6.48. The summed E-state index contributed by atoms with van der Waals surface area (Å²) in [5.74, 6) is 0.185. The number of hydrogen-bond donors (Lipinski definition) is 2. The monoisotopic (exact) mass is 247 g/mol. The van der Waals surface area contributed by atoms with E-state index in [4.69, 9.17) is 11.5 Å². The quantitative estimate of drug-likeness (QED) is 0.847. The molecule has 0 aromatic heterocycles. The molecule has 1 aliphatic heterocycles. The Morgan fingerprint density at radius 1 is 1.33 bits per heavy atom. The van der Waals surface area contributed by atoms with Crippen LogP contribution < -0.4 is 16.4 Å². The van der Waals surface area contributed by atoms with E-state index in [-0.39, 0.29) is 5.91 Å². The minimum Gasteiger partial charge on any atom is -0.369 e. The molecule has 0 bridgehead atoms. The maximum absolute atomic E-state index is 11.0. The smallest absolute Gasteiger partial charge is 0.248 e. The van der Waals surface area contributed by atoms with Gasteiger partial charge in [0.1, 0.15) is 0 Å². The average molecular weight is 247 g/mol. The van der Waals surface area contributed by atoms with Crippen molar-refractivity contribution < 1.29 is 4.79 Å². The molecule has 0 aliphatic carbocycles. The highest BCUT2D eigenvalue weighted by molar-refractivity contribution is 5.93. The van der Waals surface area contributed by atoms with Crippen molar-refractivity contribution in [1.29, 1.82) is 0 Å². The molecule has 98 valence electrons. The summed E-state index contributed by atoms with van der Waals surface area (Å²) in [6.45, 7) is 3.96. The van der Waals surface area contributed by atoms with E-state index in [1.54, 1.807) is 12.1 Å². The molecule has 4 N–H and O–H groups in total. The summed E-state index contributed by atoms with van der Waals surface area (Å²) >= 11 is 0. The van der Waals surface area contributed by atoms with Crippen LogP contribution in [-0.2, 0) is 0 Å². The molecule has 2 rings (SSSR count). The summed E-state index contributed by atoms with van der Waals surface area (Å²) < 4.78 is 0. The molecule has 1 aromatic carbocycles. The summed E-state index contributed by atoms with van der Waals surface area (Å²) in [5.41, 5.74) is 12.7. The Balaban J connectivity index is 2.16. The molecule has 1 saturated heterocycles. The van der Waals surface area contributed by atoms with Crippen molar-refractivity contribution in [3.63, 3.8) is 0 Å². The van der Waals surface area contributed by atoms with E-state index >= 15 is 0 Å². The van der Waals surface area contributed by atoms with Crippen molar-refractivity contribution in [1.82, 2.24) is 0 Å². The molecule has 1 fully saturated rings. The van der Waals surface area contributed by atoms with Gasteiger partial charge in [-0.15, -0.1) is 0 Å². The van der Waals surface area contributed by atoms with Crippen LogP contribution in [0.4, 0.5) is 5.69 Å². The molecule has 18 heavy (non-hydrogen) atoms. The molecule has 4 heteroatoms. The van der Waals surface area contributed by atoms with Gasteiger partial charge >= 0.3 is 0 Å². The van der Waals surface area contributed by atoms with Crippen LogP contribution in [-0.4, -0.2) is 25.0 Å². The van der Waals surface area contributed by atoms with Crippen LogP contribution in [0.25, 0.3) is 0 Å². The lowest BCUT2D eigenvalue weighted by molar-refractivity contribution is 0.100. The number of nitrogens with zero attached hydrogens (tertiary/aromatic N) is 1. The zero-order chi connectivity index (χ0) is 13.1. The molecular formula is C14H21N3O. The topological polar surface area (TPSA) is 72.3 Å². The summed E-state index contributed by atoms with van der Waals surface area (Å²) in [5, 5.41) is 0. The Labute approximate surface area is 108 Å². The fourth-order valence-corrected chi connectivity index (χ4v) is 2.55. The van der Waals surface area contributed by atoms with E-state index in [1.807, 2.05) is 12.1 Å². The molecule has 1 amide bonds. The number of amides is 1. The fraction of sp³-hybridized carbons (Fsp3) is 0.500. The highest BCUT2D eigenvalue weighted by atomic mass is 16.1. The van der Waals surface area contributed by atoms with Gasteiger partial charge in [-0.25, -0.2) is 0 Å². The van der Waals surface area contributed by atoms with Crippen molar-refractivity contribution in [2.24, 2.45) is 17.4 Å². The summed E-state index contributed by atoms with van der Waals surface area (Å²) in [6, 6.07) is 8.03. The van der Waals surface area contributed by atoms with Gasteiger partial charge in [0.25, 0.3) is 0 Å². The predicted molar refractivity (Wildman–Crippen MR) is 73.5 cm³/mol. The van der Waals surface area contributed by atoms with Crippen molar-refractivity contribution >= 4 is 11.6 Å². The largest absolute Gasteiger partial charge is 0.369 e. The second-order valence-corrected chi connectivity index (χ2v) is 5.09. The number of rotatable bonds is 3. The minimum absolute atomic E-state index is 0.381. The van der Waals surface area contributed by atoms with Crippen LogP contribution >= 0.6 is 0 Å². The second-order valence-electron chi connectivity index (χ2n) is 5.09. The SMILES string of the molecule is CC1CCC(CN)CN1c1ccc(C(N)=O)cc1. The number of hydrogen-bond acceptors (Lipinski definition) is 3. The van der Waals surface area contributed by atoms with Gasteiger partial charge < -0.3 is 16.4 Å². The molecular weight excluding hydrogens is 226 g/mol. The maximum Gasteiger partial charge on any atom is 0.248 e. The van der Waals surface area contributed by atoms with E-state index in [0.29, 0.717) is 17.5 Å². The average Bonchev–Trinajstić information content (AvgIpc) is 2.39. The third kappa shape index (κ3) is 2.64. The number of primary amides is 1. The van der Waals surface area contributed by atoms with E-state index in [9.17, 15) is 4.79 Å². The summed E-state index contributed by atoms with van der Waals surface area (Å²) in [6.07, 6.45) is 2.37. The summed E-state index contributed by atoms with van der Waals surface area (Å²) in [4.78, 5) is 13.4.